The SMILES string of the molecule is CN=C(NCCC(=O)N(C)Cc1ccccc1Br)N1CCC(N2CC=CC2)C1. The Morgan fingerprint density at radius 2 is 2.07 bits per heavy atom. The molecule has 1 unspecified atom stereocenters. The highest BCUT2D eigenvalue weighted by Crippen LogP contribution is 2.18. The highest BCUT2D eigenvalue weighted by Gasteiger charge is 2.29. The standard InChI is InChI=1S/C21H30BrN5O/c1-23-21(27-14-10-18(16-27)26-12-5-6-13-26)24-11-9-20(28)25(2)15-17-7-3-4-8-19(17)22/h3-8,18H,9-16H2,1-2H3,(H,23,24). The molecule has 28 heavy (non-hydrogen) atoms. The third-order valence-corrected chi connectivity index (χ3v) is 6.22. The number of amides is 1. The Labute approximate surface area is 176 Å². The summed E-state index contributed by atoms with van der Waals surface area (Å²) in [5, 5.41) is 3.37. The van der Waals surface area contributed by atoms with Crippen LogP contribution in [0.1, 0.15) is 18.4 Å². The van der Waals surface area contributed by atoms with Gasteiger partial charge < -0.3 is 15.1 Å². The summed E-state index contributed by atoms with van der Waals surface area (Å²) < 4.78 is 1.03. The van der Waals surface area contributed by atoms with Gasteiger partial charge in [0.15, 0.2) is 5.96 Å². The lowest BCUT2D eigenvalue weighted by molar-refractivity contribution is -0.130. The maximum absolute atomic E-state index is 12.5. The van der Waals surface area contributed by atoms with Crippen molar-refractivity contribution in [1.82, 2.24) is 20.0 Å². The van der Waals surface area contributed by atoms with Crippen molar-refractivity contribution in [3.8, 4) is 0 Å². The van der Waals surface area contributed by atoms with Crippen molar-refractivity contribution >= 4 is 27.8 Å². The van der Waals surface area contributed by atoms with Gasteiger partial charge in [-0.25, -0.2) is 0 Å². The monoisotopic (exact) mass is 447 g/mol. The molecule has 2 aliphatic heterocycles. The van der Waals surface area contributed by atoms with Crippen LogP contribution in [0.15, 0.2) is 45.9 Å². The molecule has 1 N–H and O–H groups in total. The Morgan fingerprint density at radius 3 is 2.79 bits per heavy atom. The number of carbonyl (C=O) groups is 1. The van der Waals surface area contributed by atoms with E-state index in [1.165, 1.54) is 0 Å². The average molecular weight is 448 g/mol. The molecule has 6 nitrogen and oxygen atoms in total. The lowest BCUT2D eigenvalue weighted by atomic mass is 10.2. The van der Waals surface area contributed by atoms with Gasteiger partial charge in [0.05, 0.1) is 0 Å². The van der Waals surface area contributed by atoms with Gasteiger partial charge in [0, 0.05) is 70.3 Å². The number of guanidine groups is 1. The first-order valence-electron chi connectivity index (χ1n) is 9.90. The summed E-state index contributed by atoms with van der Waals surface area (Å²) in [4.78, 5) is 23.5. The number of nitrogens with one attached hydrogen (secondary N) is 1. The van der Waals surface area contributed by atoms with Gasteiger partial charge in [0.1, 0.15) is 0 Å². The van der Waals surface area contributed by atoms with E-state index in [0.29, 0.717) is 25.6 Å². The minimum Gasteiger partial charge on any atom is -0.356 e. The van der Waals surface area contributed by atoms with E-state index in [1.54, 1.807) is 4.90 Å². The molecule has 0 bridgehead atoms. The first-order chi connectivity index (χ1) is 13.6. The number of hydrogen-bond donors (Lipinski definition) is 1. The minimum absolute atomic E-state index is 0.126. The first kappa shape index (κ1) is 20.9. The molecule has 7 heteroatoms. The molecule has 1 fully saturated rings. The number of aliphatic imine (C=N–C) groups is 1. The van der Waals surface area contributed by atoms with Crippen molar-refractivity contribution in [1.29, 1.82) is 0 Å². The number of likely N-dealkylation sites (tertiary alicyclic amines) is 1. The van der Waals surface area contributed by atoms with Gasteiger partial charge in [-0.1, -0.05) is 46.3 Å². The molecule has 2 heterocycles. The number of carbonyl (C=O) groups excluding carboxylic acids is 1. The van der Waals surface area contributed by atoms with Crippen LogP contribution in [0.5, 0.6) is 0 Å². The Balaban J connectivity index is 1.41. The molecule has 1 saturated heterocycles. The van der Waals surface area contributed by atoms with E-state index in [2.05, 4.69) is 48.2 Å². The lowest BCUT2D eigenvalue weighted by Gasteiger charge is -2.25. The van der Waals surface area contributed by atoms with E-state index in [-0.39, 0.29) is 5.91 Å². The maximum Gasteiger partial charge on any atom is 0.224 e. The molecule has 0 saturated carbocycles. The highest BCUT2D eigenvalue weighted by molar-refractivity contribution is 9.10. The normalized spacial score (nSPS) is 20.0. The predicted molar refractivity (Wildman–Crippen MR) is 117 cm³/mol. The van der Waals surface area contributed by atoms with Gasteiger partial charge in [-0.15, -0.1) is 0 Å². The Bertz CT molecular complexity index is 727. The van der Waals surface area contributed by atoms with Gasteiger partial charge in [0.25, 0.3) is 0 Å². The molecule has 1 aromatic rings. The second-order valence-electron chi connectivity index (χ2n) is 7.38. The number of halogens is 1. The van der Waals surface area contributed by atoms with Gasteiger partial charge in [0.2, 0.25) is 5.91 Å². The van der Waals surface area contributed by atoms with Gasteiger partial charge in [-0.2, -0.15) is 0 Å². The van der Waals surface area contributed by atoms with Crippen LogP contribution in [-0.4, -0.2) is 79.4 Å². The summed E-state index contributed by atoms with van der Waals surface area (Å²) in [6, 6.07) is 8.60. The molecule has 0 aliphatic carbocycles. The van der Waals surface area contributed by atoms with Gasteiger partial charge in [-0.05, 0) is 18.1 Å². The summed E-state index contributed by atoms with van der Waals surface area (Å²) in [5.41, 5.74) is 1.11. The first-order valence-corrected chi connectivity index (χ1v) is 10.7. The fraction of sp³-hybridized carbons (Fsp3) is 0.524. The van der Waals surface area contributed by atoms with Crippen molar-refractivity contribution < 1.29 is 4.79 Å². The Hall–Kier alpha value is -1.86. The molecule has 1 aromatic carbocycles. The van der Waals surface area contributed by atoms with Crippen molar-refractivity contribution in [2.45, 2.75) is 25.4 Å². The summed E-state index contributed by atoms with van der Waals surface area (Å²) in [6.45, 7) is 5.32. The summed E-state index contributed by atoms with van der Waals surface area (Å²) in [6.07, 6.45) is 6.10. The maximum atomic E-state index is 12.5. The van der Waals surface area contributed by atoms with Crippen LogP contribution in [0.25, 0.3) is 0 Å². The van der Waals surface area contributed by atoms with Crippen molar-refractivity contribution in [3.05, 3.63) is 46.5 Å². The zero-order chi connectivity index (χ0) is 19.9. The number of nitrogens with zero attached hydrogens (tertiary/aromatic N) is 4. The van der Waals surface area contributed by atoms with Crippen molar-refractivity contribution in [2.24, 2.45) is 4.99 Å². The van der Waals surface area contributed by atoms with E-state index in [9.17, 15) is 4.79 Å². The molecular formula is C21H30BrN5O. The van der Waals surface area contributed by atoms with Crippen molar-refractivity contribution in [3.63, 3.8) is 0 Å². The molecule has 1 amide bonds. The van der Waals surface area contributed by atoms with E-state index in [0.717, 1.165) is 48.6 Å². The van der Waals surface area contributed by atoms with Gasteiger partial charge >= 0.3 is 0 Å². The largest absolute Gasteiger partial charge is 0.356 e. The Morgan fingerprint density at radius 1 is 1.32 bits per heavy atom. The third-order valence-electron chi connectivity index (χ3n) is 5.45. The van der Waals surface area contributed by atoms with Gasteiger partial charge in [-0.3, -0.25) is 14.7 Å². The summed E-state index contributed by atoms with van der Waals surface area (Å²) in [5.74, 6) is 1.03. The van der Waals surface area contributed by atoms with Crippen molar-refractivity contribution in [2.75, 3.05) is 46.8 Å². The quantitative estimate of drug-likeness (QED) is 0.413. The molecule has 152 valence electrons. The fourth-order valence-electron chi connectivity index (χ4n) is 3.80. The lowest BCUT2D eigenvalue weighted by Crippen LogP contribution is -2.43. The van der Waals surface area contributed by atoms with Crippen LogP contribution in [0, 0.1) is 0 Å². The average Bonchev–Trinajstić information content (AvgIpc) is 3.38. The number of benzene rings is 1. The van der Waals surface area contributed by atoms with Crippen LogP contribution in [-0.2, 0) is 11.3 Å². The van der Waals surface area contributed by atoms with E-state index >= 15 is 0 Å². The third kappa shape index (κ3) is 5.35. The molecule has 0 aromatic heterocycles. The zero-order valence-electron chi connectivity index (χ0n) is 16.8. The van der Waals surface area contributed by atoms with E-state index in [1.807, 2.05) is 38.4 Å². The van der Waals surface area contributed by atoms with Crippen LogP contribution < -0.4 is 5.32 Å². The topological polar surface area (TPSA) is 51.2 Å². The van der Waals surface area contributed by atoms with E-state index in [4.69, 9.17) is 0 Å². The molecular weight excluding hydrogens is 418 g/mol. The summed E-state index contributed by atoms with van der Waals surface area (Å²) in [7, 11) is 3.67. The molecule has 0 radical (unpaired) electrons. The predicted octanol–water partition coefficient (Wildman–Crippen LogP) is 2.32. The minimum atomic E-state index is 0.126. The number of hydrogen-bond acceptors (Lipinski definition) is 3. The molecule has 0 spiro atoms. The van der Waals surface area contributed by atoms with Crippen LogP contribution >= 0.6 is 15.9 Å². The fourth-order valence-corrected chi connectivity index (χ4v) is 4.21. The van der Waals surface area contributed by atoms with Crippen LogP contribution in [0.3, 0.4) is 0 Å². The second kappa shape index (κ2) is 10.1. The Kier molecular flexibility index (Phi) is 7.50. The highest BCUT2D eigenvalue weighted by atomic mass is 79.9. The number of rotatable bonds is 6. The zero-order valence-corrected chi connectivity index (χ0v) is 18.4. The molecule has 3 rings (SSSR count). The summed E-state index contributed by atoms with van der Waals surface area (Å²) >= 11 is 3.54. The molecule has 2 aliphatic rings. The smallest absolute Gasteiger partial charge is 0.224 e. The second-order valence-corrected chi connectivity index (χ2v) is 8.23. The van der Waals surface area contributed by atoms with Crippen LogP contribution in [0.4, 0.5) is 0 Å². The van der Waals surface area contributed by atoms with Crippen LogP contribution in [0.2, 0.25) is 0 Å². The molecule has 1 atom stereocenters. The van der Waals surface area contributed by atoms with E-state index < -0.39 is 0 Å².